The van der Waals surface area contributed by atoms with Crippen LogP contribution < -0.4 is 0 Å². The number of pyridine rings is 2. The van der Waals surface area contributed by atoms with Crippen molar-refractivity contribution in [3.05, 3.63) is 47.8 Å². The summed E-state index contributed by atoms with van der Waals surface area (Å²) >= 11 is 0. The molecule has 0 saturated heterocycles. The highest BCUT2D eigenvalue weighted by atomic mass is 16.5. The molecule has 0 spiro atoms. The number of rotatable bonds is 7. The summed E-state index contributed by atoms with van der Waals surface area (Å²) in [6.45, 7) is 1.17. The fraction of sp³-hybridized carbons (Fsp3) is 0.583. The van der Waals surface area contributed by atoms with Crippen LogP contribution in [0.5, 0.6) is 0 Å². The first kappa shape index (κ1) is 19.5. The summed E-state index contributed by atoms with van der Waals surface area (Å²) in [5, 5.41) is 0. The van der Waals surface area contributed by atoms with Crippen LogP contribution in [0.1, 0.15) is 75.6 Å². The maximum Gasteiger partial charge on any atom is 0.0891 e. The lowest BCUT2D eigenvalue weighted by molar-refractivity contribution is 0.0151. The fourth-order valence-electron chi connectivity index (χ4n) is 4.28. The Bertz CT molecular complexity index is 673. The summed E-state index contributed by atoms with van der Waals surface area (Å²) in [5.74, 6) is 0. The third-order valence-electron chi connectivity index (χ3n) is 5.91. The van der Waals surface area contributed by atoms with Gasteiger partial charge >= 0.3 is 0 Å². The van der Waals surface area contributed by atoms with Gasteiger partial charge in [0.2, 0.25) is 0 Å². The van der Waals surface area contributed by atoms with Crippen molar-refractivity contribution in [1.82, 2.24) is 9.97 Å². The van der Waals surface area contributed by atoms with Crippen molar-refractivity contribution in [3.63, 3.8) is 0 Å². The summed E-state index contributed by atoms with van der Waals surface area (Å²) in [4.78, 5) is 9.58. The van der Waals surface area contributed by atoms with E-state index in [0.717, 1.165) is 22.8 Å². The van der Waals surface area contributed by atoms with Crippen molar-refractivity contribution in [1.29, 1.82) is 0 Å². The van der Waals surface area contributed by atoms with Crippen LogP contribution in [-0.2, 0) is 22.7 Å². The van der Waals surface area contributed by atoms with Gasteiger partial charge in [-0.25, -0.2) is 9.97 Å². The van der Waals surface area contributed by atoms with Crippen molar-refractivity contribution >= 4 is 0 Å². The van der Waals surface area contributed by atoms with Gasteiger partial charge in [0.25, 0.3) is 0 Å². The average molecular weight is 381 g/mol. The topological polar surface area (TPSA) is 44.2 Å². The lowest BCUT2D eigenvalue weighted by atomic mass is 9.98. The first-order valence-electron chi connectivity index (χ1n) is 11.0. The van der Waals surface area contributed by atoms with Gasteiger partial charge in [0.1, 0.15) is 0 Å². The molecule has 0 bridgehead atoms. The van der Waals surface area contributed by atoms with Gasteiger partial charge < -0.3 is 9.47 Å². The Hall–Kier alpha value is -1.78. The fourth-order valence-corrected chi connectivity index (χ4v) is 4.28. The van der Waals surface area contributed by atoms with Crippen molar-refractivity contribution in [2.24, 2.45) is 0 Å². The van der Waals surface area contributed by atoms with Gasteiger partial charge in [0.05, 0.1) is 48.2 Å². The van der Waals surface area contributed by atoms with E-state index in [0.29, 0.717) is 25.4 Å². The zero-order chi connectivity index (χ0) is 19.0. The van der Waals surface area contributed by atoms with Crippen LogP contribution in [0, 0.1) is 0 Å². The molecule has 2 aliphatic carbocycles. The van der Waals surface area contributed by atoms with Gasteiger partial charge in [-0.1, -0.05) is 50.7 Å². The SMILES string of the molecule is c1cc(COC2CCCCC2)nc(-c2cccc(COC3CCCCC3)n2)c1. The maximum atomic E-state index is 6.09. The van der Waals surface area contributed by atoms with E-state index in [1.54, 1.807) is 0 Å². The molecule has 4 rings (SSSR count). The molecule has 150 valence electrons. The molecule has 2 heterocycles. The predicted octanol–water partition coefficient (Wildman–Crippen LogP) is 5.84. The lowest BCUT2D eigenvalue weighted by Gasteiger charge is -2.22. The second kappa shape index (κ2) is 10.1. The smallest absolute Gasteiger partial charge is 0.0891 e. The number of aromatic nitrogens is 2. The van der Waals surface area contributed by atoms with Crippen molar-refractivity contribution in [2.75, 3.05) is 0 Å². The van der Waals surface area contributed by atoms with Crippen LogP contribution in [0.3, 0.4) is 0 Å². The van der Waals surface area contributed by atoms with Gasteiger partial charge in [0, 0.05) is 0 Å². The minimum absolute atomic E-state index is 0.401. The molecule has 2 saturated carbocycles. The highest BCUT2D eigenvalue weighted by Gasteiger charge is 2.15. The second-order valence-electron chi connectivity index (χ2n) is 8.17. The molecule has 4 heteroatoms. The molecular weight excluding hydrogens is 348 g/mol. The Morgan fingerprint density at radius 3 is 1.46 bits per heavy atom. The first-order valence-corrected chi connectivity index (χ1v) is 11.0. The largest absolute Gasteiger partial charge is 0.372 e. The Morgan fingerprint density at radius 1 is 0.607 bits per heavy atom. The number of ether oxygens (including phenoxy) is 2. The average Bonchev–Trinajstić information content (AvgIpc) is 2.78. The molecule has 2 aromatic heterocycles. The highest BCUT2D eigenvalue weighted by Crippen LogP contribution is 2.23. The van der Waals surface area contributed by atoms with E-state index in [4.69, 9.17) is 19.4 Å². The van der Waals surface area contributed by atoms with E-state index in [2.05, 4.69) is 12.1 Å². The van der Waals surface area contributed by atoms with Gasteiger partial charge in [-0.2, -0.15) is 0 Å². The molecule has 2 aromatic rings. The minimum atomic E-state index is 0.401. The number of hydrogen-bond acceptors (Lipinski definition) is 4. The van der Waals surface area contributed by atoms with E-state index in [-0.39, 0.29) is 0 Å². The second-order valence-corrected chi connectivity index (χ2v) is 8.17. The van der Waals surface area contributed by atoms with Crippen LogP contribution in [0.4, 0.5) is 0 Å². The lowest BCUT2D eigenvalue weighted by Crippen LogP contribution is -2.17. The van der Waals surface area contributed by atoms with Crippen LogP contribution >= 0.6 is 0 Å². The monoisotopic (exact) mass is 380 g/mol. The maximum absolute atomic E-state index is 6.09. The van der Waals surface area contributed by atoms with Gasteiger partial charge in [-0.3, -0.25) is 0 Å². The molecule has 28 heavy (non-hydrogen) atoms. The van der Waals surface area contributed by atoms with Crippen LogP contribution in [0.15, 0.2) is 36.4 Å². The summed E-state index contributed by atoms with van der Waals surface area (Å²) in [5.41, 5.74) is 3.77. The Kier molecular flexibility index (Phi) is 7.07. The van der Waals surface area contributed by atoms with Gasteiger partial charge in [-0.15, -0.1) is 0 Å². The third-order valence-corrected chi connectivity index (χ3v) is 5.91. The molecule has 0 N–H and O–H groups in total. The molecule has 0 aromatic carbocycles. The molecule has 0 aliphatic heterocycles. The van der Waals surface area contributed by atoms with Crippen molar-refractivity contribution < 1.29 is 9.47 Å². The summed E-state index contributed by atoms with van der Waals surface area (Å²) in [6, 6.07) is 12.2. The van der Waals surface area contributed by atoms with Crippen LogP contribution in [0.25, 0.3) is 11.4 Å². The standard InChI is InChI=1S/C24H32N2O2/c1-3-11-21(12-4-1)27-17-19-9-7-15-23(25-19)24-16-8-10-20(26-24)18-28-22-13-5-2-6-14-22/h7-10,15-16,21-22H,1-6,11-14,17-18H2. The predicted molar refractivity (Wildman–Crippen MR) is 111 cm³/mol. The molecule has 0 atom stereocenters. The minimum Gasteiger partial charge on any atom is -0.372 e. The molecule has 4 nitrogen and oxygen atoms in total. The van der Waals surface area contributed by atoms with E-state index in [1.165, 1.54) is 64.2 Å². The quantitative estimate of drug-likeness (QED) is 0.605. The Morgan fingerprint density at radius 2 is 1.04 bits per heavy atom. The summed E-state index contributed by atoms with van der Waals surface area (Å²) < 4.78 is 12.2. The molecule has 0 amide bonds. The summed E-state index contributed by atoms with van der Waals surface area (Å²) in [7, 11) is 0. The molecule has 0 radical (unpaired) electrons. The van der Waals surface area contributed by atoms with E-state index in [1.807, 2.05) is 24.3 Å². The van der Waals surface area contributed by atoms with Crippen molar-refractivity contribution in [2.45, 2.75) is 89.6 Å². The van der Waals surface area contributed by atoms with E-state index in [9.17, 15) is 0 Å². The molecule has 0 unspecified atom stereocenters. The zero-order valence-electron chi connectivity index (χ0n) is 16.8. The highest BCUT2D eigenvalue weighted by molar-refractivity contribution is 5.54. The number of hydrogen-bond donors (Lipinski definition) is 0. The Labute approximate surface area is 168 Å². The molecule has 2 aliphatic rings. The van der Waals surface area contributed by atoms with Crippen LogP contribution in [0.2, 0.25) is 0 Å². The van der Waals surface area contributed by atoms with E-state index >= 15 is 0 Å². The Balaban J connectivity index is 1.36. The van der Waals surface area contributed by atoms with Gasteiger partial charge in [-0.05, 0) is 49.9 Å². The van der Waals surface area contributed by atoms with E-state index < -0.39 is 0 Å². The number of nitrogens with zero attached hydrogens (tertiary/aromatic N) is 2. The van der Waals surface area contributed by atoms with Crippen molar-refractivity contribution in [3.8, 4) is 11.4 Å². The van der Waals surface area contributed by atoms with Crippen LogP contribution in [-0.4, -0.2) is 22.2 Å². The molecular formula is C24H32N2O2. The normalized spacial score (nSPS) is 19.0. The third kappa shape index (κ3) is 5.62. The summed E-state index contributed by atoms with van der Waals surface area (Å²) in [6.07, 6.45) is 13.4. The zero-order valence-corrected chi connectivity index (χ0v) is 16.8. The first-order chi connectivity index (χ1) is 13.9. The molecule has 2 fully saturated rings. The van der Waals surface area contributed by atoms with Gasteiger partial charge in [0.15, 0.2) is 0 Å².